The molecule has 0 bridgehead atoms. The van der Waals surface area contributed by atoms with E-state index in [1.165, 1.54) is 20.2 Å². The van der Waals surface area contributed by atoms with E-state index in [4.69, 9.17) is 0 Å². The first-order valence-corrected chi connectivity index (χ1v) is 10.3. The molecule has 0 spiro atoms. The van der Waals surface area contributed by atoms with E-state index in [1.54, 1.807) is 5.19 Å². The van der Waals surface area contributed by atoms with Gasteiger partial charge >= 0.3 is 0 Å². The minimum absolute atomic E-state index is 1.21. The van der Waals surface area contributed by atoms with Crippen LogP contribution in [0.5, 0.6) is 0 Å². The highest BCUT2D eigenvalue weighted by Gasteiger charge is 2.17. The number of hydrogen-bond donors (Lipinski definition) is 0. The molecule has 0 N–H and O–H groups in total. The van der Waals surface area contributed by atoms with Crippen molar-refractivity contribution >= 4 is 44.8 Å². The molecule has 0 saturated carbocycles. The molecule has 2 aromatic carbocycles. The normalized spacial score (nSPS) is 12.4. The van der Waals surface area contributed by atoms with Gasteiger partial charge in [0.25, 0.3) is 0 Å². The van der Waals surface area contributed by atoms with Gasteiger partial charge in [-0.1, -0.05) is 55.2 Å². The largest absolute Gasteiger partial charge is 0.135 e. The summed E-state index contributed by atoms with van der Waals surface area (Å²) in [5.41, 5.74) is 0. The Balaban J connectivity index is 2.38. The predicted molar refractivity (Wildman–Crippen MR) is 82.3 cm³/mol. The Morgan fingerprint density at radius 3 is 2.29 bits per heavy atom. The fraction of sp³-hybridized carbons (Fsp3) is 0.200. The van der Waals surface area contributed by atoms with Gasteiger partial charge in [0.05, 0.1) is 8.07 Å². The van der Waals surface area contributed by atoms with Crippen LogP contribution in [-0.4, -0.2) is 8.07 Å². The fourth-order valence-electron chi connectivity index (χ4n) is 2.19. The third kappa shape index (κ3) is 1.81. The molecule has 0 atom stereocenters. The zero-order valence-electron chi connectivity index (χ0n) is 10.4. The number of fused-ring (bicyclic) bond motifs is 3. The molecular formula is C15H16SSi. The smallest absolute Gasteiger partial charge is 0.0776 e. The van der Waals surface area contributed by atoms with E-state index in [0.717, 1.165) is 0 Å². The second-order valence-electron chi connectivity index (χ2n) is 5.56. The molecule has 0 radical (unpaired) electrons. The van der Waals surface area contributed by atoms with Gasteiger partial charge < -0.3 is 0 Å². The molecule has 86 valence electrons. The van der Waals surface area contributed by atoms with Crippen LogP contribution >= 0.6 is 11.3 Å². The zero-order valence-corrected chi connectivity index (χ0v) is 12.3. The van der Waals surface area contributed by atoms with E-state index in [9.17, 15) is 0 Å². The van der Waals surface area contributed by atoms with Gasteiger partial charge in [-0.3, -0.25) is 0 Å². The van der Waals surface area contributed by atoms with Crippen LogP contribution in [0, 0.1) is 0 Å². The highest BCUT2D eigenvalue weighted by atomic mass is 32.1. The van der Waals surface area contributed by atoms with Gasteiger partial charge in [-0.15, -0.1) is 11.3 Å². The molecule has 0 nitrogen and oxygen atoms in total. The molecule has 0 fully saturated rings. The third-order valence-electron chi connectivity index (χ3n) is 3.24. The molecule has 0 aliphatic heterocycles. The summed E-state index contributed by atoms with van der Waals surface area (Å²) in [6.07, 6.45) is 0. The van der Waals surface area contributed by atoms with Gasteiger partial charge in [0.15, 0.2) is 0 Å². The number of hydrogen-bond acceptors (Lipinski definition) is 1. The van der Waals surface area contributed by atoms with E-state index in [0.29, 0.717) is 0 Å². The Kier molecular flexibility index (Phi) is 2.38. The van der Waals surface area contributed by atoms with Crippen LogP contribution in [0.25, 0.3) is 20.2 Å². The molecule has 0 unspecified atom stereocenters. The Labute approximate surface area is 107 Å². The monoisotopic (exact) mass is 256 g/mol. The van der Waals surface area contributed by atoms with E-state index in [2.05, 4.69) is 62.1 Å². The second-order valence-corrected chi connectivity index (χ2v) is 11.7. The lowest BCUT2D eigenvalue weighted by molar-refractivity contribution is 1.73. The Morgan fingerprint density at radius 1 is 0.824 bits per heavy atom. The molecule has 17 heavy (non-hydrogen) atoms. The van der Waals surface area contributed by atoms with Crippen molar-refractivity contribution in [1.82, 2.24) is 0 Å². The first kappa shape index (κ1) is 11.0. The topological polar surface area (TPSA) is 0 Å². The molecule has 1 heterocycles. The van der Waals surface area contributed by atoms with E-state index >= 15 is 0 Å². The van der Waals surface area contributed by atoms with Crippen LogP contribution in [0.2, 0.25) is 19.6 Å². The SMILES string of the molecule is C[Si](C)(C)c1ccc2sc3ccccc3c2c1. The van der Waals surface area contributed by atoms with Crippen molar-refractivity contribution in [2.75, 3.05) is 0 Å². The van der Waals surface area contributed by atoms with Crippen molar-refractivity contribution in [3.63, 3.8) is 0 Å². The van der Waals surface area contributed by atoms with Crippen LogP contribution in [0.1, 0.15) is 0 Å². The zero-order chi connectivity index (χ0) is 12.0. The second kappa shape index (κ2) is 3.69. The van der Waals surface area contributed by atoms with Crippen molar-refractivity contribution in [2.45, 2.75) is 19.6 Å². The quantitative estimate of drug-likeness (QED) is 0.558. The fourth-order valence-corrected chi connectivity index (χ4v) is 4.44. The van der Waals surface area contributed by atoms with Gasteiger partial charge in [0, 0.05) is 20.2 Å². The lowest BCUT2D eigenvalue weighted by atomic mass is 10.1. The molecule has 3 aromatic rings. The molecule has 2 heteroatoms. The third-order valence-corrected chi connectivity index (χ3v) is 6.44. The summed E-state index contributed by atoms with van der Waals surface area (Å²) in [5, 5.41) is 4.40. The van der Waals surface area contributed by atoms with Crippen molar-refractivity contribution in [3.8, 4) is 0 Å². The van der Waals surface area contributed by atoms with Gasteiger partial charge in [-0.25, -0.2) is 0 Å². The van der Waals surface area contributed by atoms with Crippen molar-refractivity contribution in [1.29, 1.82) is 0 Å². The number of rotatable bonds is 1. The molecule has 0 aliphatic rings. The Morgan fingerprint density at radius 2 is 1.53 bits per heavy atom. The molecule has 1 aromatic heterocycles. The van der Waals surface area contributed by atoms with Crippen molar-refractivity contribution in [2.24, 2.45) is 0 Å². The summed E-state index contributed by atoms with van der Waals surface area (Å²) < 4.78 is 2.81. The van der Waals surface area contributed by atoms with Gasteiger partial charge in [0.1, 0.15) is 0 Å². The summed E-state index contributed by atoms with van der Waals surface area (Å²) in [6.45, 7) is 7.22. The van der Waals surface area contributed by atoms with E-state index < -0.39 is 8.07 Å². The highest BCUT2D eigenvalue weighted by Crippen LogP contribution is 2.33. The standard InChI is InChI=1S/C15H16SSi/c1-17(2,3)11-8-9-15-13(10-11)12-6-4-5-7-14(12)16-15/h4-10H,1-3H3. The predicted octanol–water partition coefficient (Wildman–Crippen LogP) is 4.60. The molecule has 0 aliphatic carbocycles. The summed E-state index contributed by atoms with van der Waals surface area (Å²) in [4.78, 5) is 0. The van der Waals surface area contributed by atoms with Crippen molar-refractivity contribution in [3.05, 3.63) is 42.5 Å². The minimum Gasteiger partial charge on any atom is -0.135 e. The summed E-state index contributed by atoms with van der Waals surface area (Å²) in [5.74, 6) is 0. The van der Waals surface area contributed by atoms with Crippen LogP contribution in [0.3, 0.4) is 0 Å². The molecule has 0 amide bonds. The Bertz CT molecular complexity index is 689. The molecule has 0 saturated heterocycles. The first-order chi connectivity index (χ1) is 8.05. The summed E-state index contributed by atoms with van der Waals surface area (Å²) in [7, 11) is -1.21. The van der Waals surface area contributed by atoms with Crippen LogP contribution < -0.4 is 5.19 Å². The average Bonchev–Trinajstić information content (AvgIpc) is 2.65. The summed E-state index contributed by atoms with van der Waals surface area (Å²) >= 11 is 1.90. The maximum atomic E-state index is 2.42. The lowest BCUT2D eigenvalue weighted by Gasteiger charge is -2.16. The van der Waals surface area contributed by atoms with Crippen molar-refractivity contribution < 1.29 is 0 Å². The van der Waals surface area contributed by atoms with Gasteiger partial charge in [-0.05, 0) is 12.1 Å². The van der Waals surface area contributed by atoms with Crippen LogP contribution in [0.15, 0.2) is 42.5 Å². The maximum Gasteiger partial charge on any atom is 0.0776 e. The minimum atomic E-state index is -1.21. The van der Waals surface area contributed by atoms with Crippen LogP contribution in [-0.2, 0) is 0 Å². The van der Waals surface area contributed by atoms with E-state index in [1.807, 2.05) is 11.3 Å². The number of benzene rings is 2. The van der Waals surface area contributed by atoms with Gasteiger partial charge in [0.2, 0.25) is 0 Å². The maximum absolute atomic E-state index is 2.42. The highest BCUT2D eigenvalue weighted by molar-refractivity contribution is 7.25. The lowest BCUT2D eigenvalue weighted by Crippen LogP contribution is -2.37. The molecular weight excluding hydrogens is 240 g/mol. The van der Waals surface area contributed by atoms with Gasteiger partial charge in [-0.2, -0.15) is 0 Å². The van der Waals surface area contributed by atoms with E-state index in [-0.39, 0.29) is 0 Å². The molecule has 3 rings (SSSR count). The number of thiophene rings is 1. The Hall–Kier alpha value is -1.12. The average molecular weight is 256 g/mol. The van der Waals surface area contributed by atoms with Crippen LogP contribution in [0.4, 0.5) is 0 Å². The first-order valence-electron chi connectivity index (χ1n) is 5.97. The summed E-state index contributed by atoms with van der Waals surface area (Å²) in [6, 6.07) is 15.8.